The second-order valence-corrected chi connectivity index (χ2v) is 6.89. The van der Waals surface area contributed by atoms with Crippen LogP contribution in [0.1, 0.15) is 17.2 Å². The molecule has 0 bridgehead atoms. The topological polar surface area (TPSA) is 75.5 Å². The van der Waals surface area contributed by atoms with Crippen molar-refractivity contribution >= 4 is 17.6 Å². The second-order valence-electron chi connectivity index (χ2n) is 6.48. The van der Waals surface area contributed by atoms with Crippen LogP contribution in [0.25, 0.3) is 11.1 Å². The quantitative estimate of drug-likeness (QED) is 0.723. The molecule has 1 unspecified atom stereocenters. The van der Waals surface area contributed by atoms with Gasteiger partial charge in [-0.05, 0) is 17.2 Å². The number of fused-ring (bicyclic) bond motifs is 1. The molecule has 1 aliphatic heterocycles. The normalized spacial score (nSPS) is 16.7. The Kier molecular flexibility index (Phi) is 5.23. The maximum atomic E-state index is 12.1. The van der Waals surface area contributed by atoms with Crippen LogP contribution in [0.2, 0.25) is 5.02 Å². The molecular weight excluding hydrogens is 378 g/mol. The van der Waals surface area contributed by atoms with Gasteiger partial charge in [0.2, 0.25) is 5.88 Å². The van der Waals surface area contributed by atoms with Crippen LogP contribution >= 0.6 is 11.6 Å². The van der Waals surface area contributed by atoms with Gasteiger partial charge in [0.1, 0.15) is 19.0 Å². The van der Waals surface area contributed by atoms with E-state index in [1.807, 2.05) is 53.4 Å². The van der Waals surface area contributed by atoms with Crippen molar-refractivity contribution in [3.63, 3.8) is 0 Å². The fraction of sp³-hybridized carbons (Fsp3) is 0.190. The van der Waals surface area contributed by atoms with Gasteiger partial charge in [0.25, 0.3) is 0 Å². The van der Waals surface area contributed by atoms with Crippen molar-refractivity contribution < 1.29 is 14.6 Å². The van der Waals surface area contributed by atoms with Gasteiger partial charge in [0.15, 0.2) is 0 Å². The van der Waals surface area contributed by atoms with Crippen LogP contribution in [0.15, 0.2) is 61.1 Å². The number of rotatable bonds is 4. The number of hydrogen-bond acceptors (Lipinski definition) is 5. The van der Waals surface area contributed by atoms with E-state index in [4.69, 9.17) is 16.3 Å². The van der Waals surface area contributed by atoms with E-state index in [0.29, 0.717) is 36.2 Å². The number of aliphatic carboxylic acids is 1. The molecule has 0 amide bonds. The first-order valence-electron chi connectivity index (χ1n) is 8.87. The number of benzene rings is 2. The zero-order chi connectivity index (χ0) is 19.5. The van der Waals surface area contributed by atoms with E-state index >= 15 is 0 Å². The number of aromatic nitrogens is 2. The van der Waals surface area contributed by atoms with Gasteiger partial charge in [-0.15, -0.1) is 0 Å². The highest BCUT2D eigenvalue weighted by molar-refractivity contribution is 6.33. The predicted octanol–water partition coefficient (Wildman–Crippen LogP) is 3.82. The van der Waals surface area contributed by atoms with E-state index in [-0.39, 0.29) is 0 Å². The fourth-order valence-electron chi connectivity index (χ4n) is 3.50. The highest BCUT2D eigenvalue weighted by atomic mass is 35.5. The van der Waals surface area contributed by atoms with Crippen LogP contribution in [0, 0.1) is 0 Å². The van der Waals surface area contributed by atoms with Gasteiger partial charge < -0.3 is 9.84 Å². The van der Waals surface area contributed by atoms with Crippen molar-refractivity contribution in [2.24, 2.45) is 0 Å². The fourth-order valence-corrected chi connectivity index (χ4v) is 3.74. The SMILES string of the molecule is O=C(O)C1c2cncnc2OCCN1Cc1ccccc1-c1ccccc1Cl. The van der Waals surface area contributed by atoms with E-state index < -0.39 is 12.0 Å². The predicted molar refractivity (Wildman–Crippen MR) is 105 cm³/mol. The third-order valence-electron chi connectivity index (χ3n) is 4.77. The van der Waals surface area contributed by atoms with Crippen molar-refractivity contribution in [2.75, 3.05) is 13.2 Å². The van der Waals surface area contributed by atoms with Crippen molar-refractivity contribution in [1.82, 2.24) is 14.9 Å². The minimum absolute atomic E-state index is 0.323. The molecule has 0 radical (unpaired) electrons. The molecule has 6 nitrogen and oxygen atoms in total. The maximum absolute atomic E-state index is 12.1. The van der Waals surface area contributed by atoms with Crippen LogP contribution < -0.4 is 4.74 Å². The van der Waals surface area contributed by atoms with E-state index in [9.17, 15) is 9.90 Å². The Bertz CT molecular complexity index is 1010. The molecule has 1 aliphatic rings. The lowest BCUT2D eigenvalue weighted by Gasteiger charge is -2.27. The maximum Gasteiger partial charge on any atom is 0.325 e. The number of hydrogen-bond donors (Lipinski definition) is 1. The largest absolute Gasteiger partial charge is 0.480 e. The van der Waals surface area contributed by atoms with Gasteiger partial charge in [-0.2, -0.15) is 0 Å². The number of nitrogens with zero attached hydrogens (tertiary/aromatic N) is 3. The Balaban J connectivity index is 1.73. The van der Waals surface area contributed by atoms with Crippen molar-refractivity contribution in [2.45, 2.75) is 12.6 Å². The monoisotopic (exact) mass is 395 g/mol. The Morgan fingerprint density at radius 1 is 1.18 bits per heavy atom. The summed E-state index contributed by atoms with van der Waals surface area (Å²) in [6, 6.07) is 14.6. The molecular formula is C21H18ClN3O3. The van der Waals surface area contributed by atoms with Crippen LogP contribution in [0.4, 0.5) is 0 Å². The highest BCUT2D eigenvalue weighted by Crippen LogP contribution is 2.34. The summed E-state index contributed by atoms with van der Waals surface area (Å²) in [5.41, 5.74) is 3.35. The average molecular weight is 396 g/mol. The molecule has 0 saturated heterocycles. The van der Waals surface area contributed by atoms with Crippen molar-refractivity contribution in [3.8, 4) is 17.0 Å². The molecule has 2 aromatic carbocycles. The zero-order valence-corrected chi connectivity index (χ0v) is 15.7. The minimum Gasteiger partial charge on any atom is -0.480 e. The summed E-state index contributed by atoms with van der Waals surface area (Å²) in [5.74, 6) is -0.638. The molecule has 1 atom stereocenters. The first-order chi connectivity index (χ1) is 13.6. The standard InChI is InChI=1S/C21H18ClN3O3/c22-18-8-4-3-7-16(18)15-6-2-1-5-14(15)12-25-9-10-28-20-17(11-23-13-24-20)19(25)21(26)27/h1-8,11,13,19H,9-10,12H2,(H,26,27). The molecule has 0 aliphatic carbocycles. The average Bonchev–Trinajstić information content (AvgIpc) is 2.88. The van der Waals surface area contributed by atoms with Crippen LogP contribution in [0.5, 0.6) is 5.88 Å². The van der Waals surface area contributed by atoms with E-state index in [1.165, 1.54) is 12.5 Å². The summed E-state index contributed by atoms with van der Waals surface area (Å²) >= 11 is 6.40. The van der Waals surface area contributed by atoms with Gasteiger partial charge in [0, 0.05) is 29.9 Å². The van der Waals surface area contributed by atoms with Crippen LogP contribution in [-0.4, -0.2) is 39.1 Å². The summed E-state index contributed by atoms with van der Waals surface area (Å²) in [7, 11) is 0. The molecule has 1 aromatic heterocycles. The zero-order valence-electron chi connectivity index (χ0n) is 15.0. The van der Waals surface area contributed by atoms with Crippen molar-refractivity contribution in [1.29, 1.82) is 0 Å². The highest BCUT2D eigenvalue weighted by Gasteiger charge is 2.33. The summed E-state index contributed by atoms with van der Waals surface area (Å²) < 4.78 is 5.65. The Hall–Kier alpha value is -2.96. The van der Waals surface area contributed by atoms with Gasteiger partial charge in [-0.3, -0.25) is 9.69 Å². The molecule has 3 aromatic rings. The minimum atomic E-state index is -0.961. The van der Waals surface area contributed by atoms with Gasteiger partial charge in [-0.25, -0.2) is 9.97 Å². The lowest BCUT2D eigenvalue weighted by molar-refractivity contribution is -0.143. The molecule has 2 heterocycles. The molecule has 1 N–H and O–H groups in total. The molecule has 28 heavy (non-hydrogen) atoms. The lowest BCUT2D eigenvalue weighted by atomic mass is 9.98. The second kappa shape index (κ2) is 7.96. The Morgan fingerprint density at radius 3 is 2.71 bits per heavy atom. The number of carboxylic acids is 1. The summed E-state index contributed by atoms with van der Waals surface area (Å²) in [5, 5.41) is 10.6. The third-order valence-corrected chi connectivity index (χ3v) is 5.10. The summed E-state index contributed by atoms with van der Waals surface area (Å²) in [6.45, 7) is 1.22. The molecule has 0 saturated carbocycles. The molecule has 142 valence electrons. The molecule has 0 fully saturated rings. The number of carboxylic acid groups (broad SMARTS) is 1. The summed E-state index contributed by atoms with van der Waals surface area (Å²) in [6.07, 6.45) is 2.87. The van der Waals surface area contributed by atoms with Gasteiger partial charge >= 0.3 is 5.97 Å². The van der Waals surface area contributed by atoms with Crippen LogP contribution in [0.3, 0.4) is 0 Å². The Morgan fingerprint density at radius 2 is 1.93 bits per heavy atom. The number of ether oxygens (including phenoxy) is 1. The van der Waals surface area contributed by atoms with Crippen molar-refractivity contribution in [3.05, 3.63) is 77.2 Å². The number of carbonyl (C=O) groups is 1. The first kappa shape index (κ1) is 18.4. The first-order valence-corrected chi connectivity index (χ1v) is 9.25. The van der Waals surface area contributed by atoms with Gasteiger partial charge in [-0.1, -0.05) is 54.1 Å². The van der Waals surface area contributed by atoms with E-state index in [1.54, 1.807) is 0 Å². The van der Waals surface area contributed by atoms with E-state index in [2.05, 4.69) is 9.97 Å². The van der Waals surface area contributed by atoms with Crippen LogP contribution in [-0.2, 0) is 11.3 Å². The lowest BCUT2D eigenvalue weighted by Crippen LogP contribution is -2.34. The van der Waals surface area contributed by atoms with E-state index in [0.717, 1.165) is 16.7 Å². The molecule has 0 spiro atoms. The smallest absolute Gasteiger partial charge is 0.325 e. The summed E-state index contributed by atoms with van der Waals surface area (Å²) in [4.78, 5) is 22.1. The number of halogens is 1. The molecule has 7 heteroatoms. The molecule has 4 rings (SSSR count). The third kappa shape index (κ3) is 3.56. The van der Waals surface area contributed by atoms with Gasteiger partial charge in [0.05, 0.1) is 5.56 Å². The Labute approximate surface area is 167 Å².